The second-order valence-corrected chi connectivity index (χ2v) is 2.51. The third kappa shape index (κ3) is 0.774. The number of imidazole rings is 1. The van der Waals surface area contributed by atoms with Crippen LogP contribution in [0.25, 0.3) is 11.0 Å². The number of nitrogens with one attached hydrogen (secondary N) is 1. The maximum Gasteiger partial charge on any atom is 0.120 e. The number of aryl methyl sites for hydroxylation is 1. The van der Waals surface area contributed by atoms with Crippen molar-refractivity contribution in [2.24, 2.45) is 0 Å². The molecule has 1 aromatic heterocycles. The Balaban J connectivity index is 2.93. The third-order valence-electron chi connectivity index (χ3n) is 1.82. The predicted octanol–water partition coefficient (Wildman–Crippen LogP) is 1.58. The second-order valence-electron chi connectivity index (χ2n) is 2.51. The molecule has 0 atom stereocenters. The first-order chi connectivity index (χ1) is 5.29. The van der Waals surface area contributed by atoms with Crippen LogP contribution in [-0.4, -0.2) is 15.1 Å². The van der Waals surface area contributed by atoms with Gasteiger partial charge >= 0.3 is 0 Å². The maximum atomic E-state index is 9.28. The lowest BCUT2D eigenvalue weighted by molar-refractivity contribution is 0.472. The van der Waals surface area contributed by atoms with E-state index in [9.17, 15) is 5.11 Å². The summed E-state index contributed by atoms with van der Waals surface area (Å²) in [6, 6.07) is 3.47. The van der Waals surface area contributed by atoms with Crippen LogP contribution in [0.5, 0.6) is 5.75 Å². The van der Waals surface area contributed by atoms with Gasteiger partial charge in [0.25, 0.3) is 0 Å². The molecule has 0 unspecified atom stereocenters. The summed E-state index contributed by atoms with van der Waals surface area (Å²) in [6.07, 6.45) is 1.62. The van der Waals surface area contributed by atoms with Crippen molar-refractivity contribution in [3.05, 3.63) is 24.0 Å². The molecule has 3 nitrogen and oxygen atoms in total. The minimum atomic E-state index is 0.296. The second kappa shape index (κ2) is 1.99. The maximum absolute atomic E-state index is 9.28. The molecule has 11 heavy (non-hydrogen) atoms. The highest BCUT2D eigenvalue weighted by molar-refractivity contribution is 5.80. The Morgan fingerprint density at radius 1 is 1.45 bits per heavy atom. The Morgan fingerprint density at radius 3 is 3.09 bits per heavy atom. The first-order valence-corrected chi connectivity index (χ1v) is 3.40. The van der Waals surface area contributed by atoms with E-state index in [1.165, 1.54) is 0 Å². The minimum absolute atomic E-state index is 0.296. The quantitative estimate of drug-likeness (QED) is 0.595. The molecule has 56 valence electrons. The fourth-order valence-electron chi connectivity index (χ4n) is 1.14. The minimum Gasteiger partial charge on any atom is -0.508 e. The number of benzene rings is 1. The zero-order chi connectivity index (χ0) is 7.84. The summed E-state index contributed by atoms with van der Waals surface area (Å²) in [5, 5.41) is 9.28. The van der Waals surface area contributed by atoms with Crippen LogP contribution in [0.2, 0.25) is 0 Å². The van der Waals surface area contributed by atoms with E-state index in [1.807, 2.05) is 13.0 Å². The monoisotopic (exact) mass is 148 g/mol. The Labute approximate surface area is 63.7 Å². The van der Waals surface area contributed by atoms with Gasteiger partial charge in [0.2, 0.25) is 0 Å². The number of hydrogen-bond donors (Lipinski definition) is 2. The lowest BCUT2D eigenvalue weighted by Crippen LogP contribution is -1.77. The van der Waals surface area contributed by atoms with Gasteiger partial charge in [0, 0.05) is 5.56 Å². The Morgan fingerprint density at radius 2 is 2.27 bits per heavy atom. The molecule has 0 radical (unpaired) electrons. The summed E-state index contributed by atoms with van der Waals surface area (Å²) in [5.74, 6) is 0.296. The van der Waals surface area contributed by atoms with Gasteiger partial charge in [-0.25, -0.2) is 4.98 Å². The molecular weight excluding hydrogens is 140 g/mol. The Kier molecular flexibility index (Phi) is 1.12. The topological polar surface area (TPSA) is 48.9 Å². The van der Waals surface area contributed by atoms with E-state index in [-0.39, 0.29) is 0 Å². The van der Waals surface area contributed by atoms with Crippen molar-refractivity contribution < 1.29 is 5.11 Å². The molecule has 0 saturated heterocycles. The van der Waals surface area contributed by atoms with Gasteiger partial charge in [0.1, 0.15) is 5.75 Å². The third-order valence-corrected chi connectivity index (χ3v) is 1.82. The van der Waals surface area contributed by atoms with Crippen molar-refractivity contribution in [1.82, 2.24) is 9.97 Å². The van der Waals surface area contributed by atoms with Crippen LogP contribution in [0.1, 0.15) is 5.56 Å². The van der Waals surface area contributed by atoms with E-state index in [0.717, 1.165) is 16.6 Å². The van der Waals surface area contributed by atoms with E-state index < -0.39 is 0 Å². The van der Waals surface area contributed by atoms with Crippen LogP contribution in [0.3, 0.4) is 0 Å². The van der Waals surface area contributed by atoms with E-state index >= 15 is 0 Å². The largest absolute Gasteiger partial charge is 0.508 e. The molecule has 0 aliphatic rings. The molecule has 2 N–H and O–H groups in total. The molecule has 3 heteroatoms. The van der Waals surface area contributed by atoms with E-state index in [0.29, 0.717) is 5.75 Å². The lowest BCUT2D eigenvalue weighted by Gasteiger charge is -1.96. The highest BCUT2D eigenvalue weighted by Crippen LogP contribution is 2.22. The molecule has 0 spiro atoms. The summed E-state index contributed by atoms with van der Waals surface area (Å²) < 4.78 is 0. The van der Waals surface area contributed by atoms with E-state index in [4.69, 9.17) is 0 Å². The number of aromatic amines is 1. The van der Waals surface area contributed by atoms with Gasteiger partial charge < -0.3 is 10.1 Å². The molecule has 1 heterocycles. The number of fused-ring (bicyclic) bond motifs is 1. The van der Waals surface area contributed by atoms with Crippen molar-refractivity contribution in [3.8, 4) is 5.75 Å². The summed E-state index contributed by atoms with van der Waals surface area (Å²) in [4.78, 5) is 7.03. The van der Waals surface area contributed by atoms with Gasteiger partial charge in [-0.3, -0.25) is 0 Å². The van der Waals surface area contributed by atoms with Crippen molar-refractivity contribution in [2.45, 2.75) is 6.92 Å². The number of hydrogen-bond acceptors (Lipinski definition) is 2. The Bertz CT molecular complexity index is 392. The van der Waals surface area contributed by atoms with Crippen molar-refractivity contribution in [3.63, 3.8) is 0 Å². The number of aromatic nitrogens is 2. The first-order valence-electron chi connectivity index (χ1n) is 3.40. The fraction of sp³-hybridized carbons (Fsp3) is 0.125. The van der Waals surface area contributed by atoms with Crippen molar-refractivity contribution in [1.29, 1.82) is 0 Å². The predicted molar refractivity (Wildman–Crippen MR) is 42.5 cm³/mol. The van der Waals surface area contributed by atoms with Gasteiger partial charge in [0.05, 0.1) is 17.4 Å². The number of nitrogens with zero attached hydrogens (tertiary/aromatic N) is 1. The van der Waals surface area contributed by atoms with Crippen molar-refractivity contribution in [2.75, 3.05) is 0 Å². The molecule has 0 bridgehead atoms. The van der Waals surface area contributed by atoms with Crippen molar-refractivity contribution >= 4 is 11.0 Å². The number of phenols is 1. The number of H-pyrrole nitrogens is 1. The Hall–Kier alpha value is -1.51. The molecule has 0 amide bonds. The van der Waals surface area contributed by atoms with Crippen LogP contribution in [0.4, 0.5) is 0 Å². The highest BCUT2D eigenvalue weighted by Gasteiger charge is 2.02. The molecule has 0 aliphatic heterocycles. The number of rotatable bonds is 0. The summed E-state index contributed by atoms with van der Waals surface area (Å²) in [5.41, 5.74) is 2.62. The number of phenolic OH excluding ortho intramolecular Hbond substituents is 1. The van der Waals surface area contributed by atoms with E-state index in [1.54, 1.807) is 12.4 Å². The average molecular weight is 148 g/mol. The molecule has 2 rings (SSSR count). The average Bonchev–Trinajstić information content (AvgIpc) is 2.45. The molecular formula is C8H8N2O. The lowest BCUT2D eigenvalue weighted by atomic mass is 10.2. The molecule has 0 fully saturated rings. The molecule has 0 aliphatic carbocycles. The van der Waals surface area contributed by atoms with Gasteiger partial charge in [-0.2, -0.15) is 0 Å². The summed E-state index contributed by atoms with van der Waals surface area (Å²) in [6.45, 7) is 1.85. The molecule has 2 aromatic rings. The van der Waals surface area contributed by atoms with Gasteiger partial charge in [-0.1, -0.05) is 0 Å². The van der Waals surface area contributed by atoms with Gasteiger partial charge in [-0.05, 0) is 19.1 Å². The first kappa shape index (κ1) is 6.22. The number of aromatic hydroxyl groups is 1. The highest BCUT2D eigenvalue weighted by atomic mass is 16.3. The summed E-state index contributed by atoms with van der Waals surface area (Å²) in [7, 11) is 0. The fourth-order valence-corrected chi connectivity index (χ4v) is 1.14. The van der Waals surface area contributed by atoms with Crippen LogP contribution in [-0.2, 0) is 0 Å². The summed E-state index contributed by atoms with van der Waals surface area (Å²) >= 11 is 0. The SMILES string of the molecule is Cc1c(O)ccc2[nH]cnc12. The van der Waals surface area contributed by atoms with Crippen LogP contribution < -0.4 is 0 Å². The van der Waals surface area contributed by atoms with Crippen LogP contribution >= 0.6 is 0 Å². The zero-order valence-corrected chi connectivity index (χ0v) is 6.13. The molecule has 0 saturated carbocycles. The molecule has 1 aromatic carbocycles. The van der Waals surface area contributed by atoms with Crippen LogP contribution in [0, 0.1) is 6.92 Å². The normalized spacial score (nSPS) is 10.6. The standard InChI is InChI=1S/C8H8N2O/c1-5-7(11)3-2-6-8(5)10-4-9-6/h2-4,11H,1H3,(H,9,10). The van der Waals surface area contributed by atoms with Gasteiger partial charge in [0.15, 0.2) is 0 Å². The zero-order valence-electron chi connectivity index (χ0n) is 6.13. The smallest absolute Gasteiger partial charge is 0.120 e. The van der Waals surface area contributed by atoms with Gasteiger partial charge in [-0.15, -0.1) is 0 Å². The van der Waals surface area contributed by atoms with Crippen LogP contribution in [0.15, 0.2) is 18.5 Å². The van der Waals surface area contributed by atoms with E-state index in [2.05, 4.69) is 9.97 Å².